The van der Waals surface area contributed by atoms with Gasteiger partial charge < -0.3 is 23.7 Å². The van der Waals surface area contributed by atoms with E-state index in [4.69, 9.17) is 19.3 Å². The van der Waals surface area contributed by atoms with Gasteiger partial charge in [0, 0.05) is 85.2 Å². The number of anilines is 1. The van der Waals surface area contributed by atoms with E-state index in [0.29, 0.717) is 31.9 Å². The van der Waals surface area contributed by atoms with Crippen LogP contribution in [0.1, 0.15) is 66.5 Å². The molecule has 304 valence electrons. The highest BCUT2D eigenvalue weighted by atomic mass is 32.2. The molecule has 4 aromatic carbocycles. The molecule has 0 radical (unpaired) electrons. The number of piperazine rings is 1. The molecule has 2 aliphatic rings. The Morgan fingerprint density at radius 2 is 1.59 bits per heavy atom. The van der Waals surface area contributed by atoms with Gasteiger partial charge in [0.1, 0.15) is 29.5 Å². The summed E-state index contributed by atoms with van der Waals surface area (Å²) in [6.07, 6.45) is 6.62. The first-order valence-corrected chi connectivity index (χ1v) is 21.7. The molecular formula is C47H56N6O4S. The average molecular weight is 801 g/mol. The van der Waals surface area contributed by atoms with Gasteiger partial charge >= 0.3 is 5.97 Å². The van der Waals surface area contributed by atoms with Crippen LogP contribution in [0.15, 0.2) is 84.9 Å². The molecule has 10 nitrogen and oxygen atoms in total. The van der Waals surface area contributed by atoms with E-state index >= 15 is 0 Å². The lowest BCUT2D eigenvalue weighted by molar-refractivity contribution is 0.0512. The molecule has 11 heteroatoms. The largest absolute Gasteiger partial charge is 0.493 e. The van der Waals surface area contributed by atoms with E-state index in [2.05, 4.69) is 99.9 Å². The Balaban J connectivity index is 1.09. The zero-order chi connectivity index (χ0) is 40.0. The zero-order valence-corrected chi connectivity index (χ0v) is 35.2. The number of hydrogen-bond acceptors (Lipinski definition) is 9. The first kappa shape index (κ1) is 39.8. The van der Waals surface area contributed by atoms with Crippen molar-refractivity contribution in [3.05, 3.63) is 108 Å². The third-order valence-corrected chi connectivity index (χ3v) is 12.3. The third-order valence-electron chi connectivity index (χ3n) is 11.4. The molecule has 8 rings (SSSR count). The number of para-hydroxylation sites is 1. The van der Waals surface area contributed by atoms with Gasteiger partial charge in [-0.25, -0.2) is 13.4 Å². The molecule has 1 fully saturated rings. The molecule has 0 unspecified atom stereocenters. The summed E-state index contributed by atoms with van der Waals surface area (Å²) in [5.41, 5.74) is 8.27. The quantitative estimate of drug-likeness (QED) is 0.0646. The topological polar surface area (TPSA) is 77.2 Å². The maximum Gasteiger partial charge on any atom is 0.355 e. The number of aryl methyl sites for hydroxylation is 3. The van der Waals surface area contributed by atoms with E-state index < -0.39 is 0 Å². The number of fused-ring (bicyclic) bond motifs is 3. The number of rotatable bonds is 13. The van der Waals surface area contributed by atoms with Gasteiger partial charge in [-0.1, -0.05) is 67.4 Å². The van der Waals surface area contributed by atoms with Gasteiger partial charge in [-0.15, -0.1) is 0 Å². The Bertz CT molecular complexity index is 2340. The lowest BCUT2D eigenvalue weighted by Crippen LogP contribution is -2.44. The van der Waals surface area contributed by atoms with Crippen LogP contribution in [0.25, 0.3) is 32.8 Å². The smallest absolute Gasteiger partial charge is 0.355 e. The predicted octanol–water partition coefficient (Wildman–Crippen LogP) is 9.33. The number of aromatic nitrogens is 3. The second-order valence-corrected chi connectivity index (χ2v) is 16.9. The van der Waals surface area contributed by atoms with Crippen molar-refractivity contribution in [1.82, 2.24) is 23.0 Å². The summed E-state index contributed by atoms with van der Waals surface area (Å²) < 4.78 is 27.6. The molecule has 0 aliphatic carbocycles. The fraction of sp³-hybridized carbons (Fsp3) is 0.404. The molecule has 4 heterocycles. The first-order valence-electron chi connectivity index (χ1n) is 20.9. The Morgan fingerprint density at radius 1 is 0.828 bits per heavy atom. The lowest BCUT2D eigenvalue weighted by Gasteiger charge is -2.36. The summed E-state index contributed by atoms with van der Waals surface area (Å²) in [7, 11) is 6.23. The normalized spacial score (nSPS) is 15.1. The van der Waals surface area contributed by atoms with Crippen molar-refractivity contribution in [1.29, 1.82) is 0 Å². The van der Waals surface area contributed by atoms with Crippen molar-refractivity contribution in [2.75, 3.05) is 58.4 Å². The number of esters is 1. The highest BCUT2D eigenvalue weighted by Gasteiger charge is 2.29. The Labute approximate surface area is 346 Å². The van der Waals surface area contributed by atoms with Crippen LogP contribution in [-0.4, -0.2) is 82.4 Å². The van der Waals surface area contributed by atoms with Gasteiger partial charge in [0.05, 0.1) is 18.7 Å². The molecule has 6 aromatic rings. The fourth-order valence-corrected chi connectivity index (χ4v) is 9.53. The van der Waals surface area contributed by atoms with Crippen LogP contribution in [-0.2, 0) is 37.8 Å². The van der Waals surface area contributed by atoms with Gasteiger partial charge in [0.15, 0.2) is 0 Å². The van der Waals surface area contributed by atoms with E-state index in [9.17, 15) is 4.79 Å². The molecule has 0 N–H and O–H groups in total. The summed E-state index contributed by atoms with van der Waals surface area (Å²) in [4.78, 5) is 16.4. The van der Waals surface area contributed by atoms with Crippen LogP contribution >= 0.6 is 12.1 Å². The van der Waals surface area contributed by atoms with Gasteiger partial charge in [-0.05, 0) is 94.4 Å². The molecule has 0 saturated carbocycles. The van der Waals surface area contributed by atoms with Crippen LogP contribution in [0, 0.1) is 0 Å². The molecule has 58 heavy (non-hydrogen) atoms. The average Bonchev–Trinajstić information content (AvgIpc) is 3.72. The van der Waals surface area contributed by atoms with Gasteiger partial charge in [0.25, 0.3) is 0 Å². The van der Waals surface area contributed by atoms with Crippen molar-refractivity contribution >= 4 is 45.5 Å². The minimum atomic E-state index is -0.266. The van der Waals surface area contributed by atoms with E-state index in [0.717, 1.165) is 127 Å². The molecule has 0 spiro atoms. The van der Waals surface area contributed by atoms with Crippen LogP contribution in [0.4, 0.5) is 5.69 Å². The van der Waals surface area contributed by atoms with Gasteiger partial charge in [-0.2, -0.15) is 5.10 Å². The molecule has 2 aliphatic heterocycles. The molecule has 0 bridgehead atoms. The summed E-state index contributed by atoms with van der Waals surface area (Å²) in [5.74, 6) is 1.43. The van der Waals surface area contributed by atoms with Crippen molar-refractivity contribution in [2.24, 2.45) is 7.05 Å². The highest BCUT2D eigenvalue weighted by molar-refractivity contribution is 7.94. The summed E-state index contributed by atoms with van der Waals surface area (Å²) in [5, 5.41) is 8.46. The number of nitrogens with zero attached hydrogens (tertiary/aromatic N) is 6. The number of carbonyl (C=O) groups is 1. The van der Waals surface area contributed by atoms with E-state index in [1.807, 2.05) is 35.9 Å². The summed E-state index contributed by atoms with van der Waals surface area (Å²) in [6.45, 7) is 7.83. The van der Waals surface area contributed by atoms with Crippen LogP contribution in [0.3, 0.4) is 0 Å². The van der Waals surface area contributed by atoms with E-state index in [1.165, 1.54) is 11.4 Å². The zero-order valence-electron chi connectivity index (χ0n) is 34.4. The number of ether oxygens (including phenoxy) is 3. The molecule has 2 aromatic heterocycles. The minimum Gasteiger partial charge on any atom is -0.493 e. The Hall–Kier alpha value is -4.97. The second kappa shape index (κ2) is 18.3. The van der Waals surface area contributed by atoms with Gasteiger partial charge in [0.2, 0.25) is 0 Å². The Kier molecular flexibility index (Phi) is 12.6. The summed E-state index contributed by atoms with van der Waals surface area (Å²) >= 11 is 1.79. The monoisotopic (exact) mass is 800 g/mol. The van der Waals surface area contributed by atoms with E-state index in [-0.39, 0.29) is 5.97 Å². The number of carbonyl (C=O) groups excluding carboxylic acids is 1. The van der Waals surface area contributed by atoms with Crippen molar-refractivity contribution < 1.29 is 19.0 Å². The van der Waals surface area contributed by atoms with Crippen LogP contribution < -0.4 is 14.4 Å². The third kappa shape index (κ3) is 8.58. The minimum absolute atomic E-state index is 0.266. The van der Waals surface area contributed by atoms with Crippen molar-refractivity contribution in [2.45, 2.75) is 65.0 Å². The number of hydrogen-bond donors (Lipinski definition) is 0. The molecule has 0 atom stereocenters. The van der Waals surface area contributed by atoms with Crippen molar-refractivity contribution in [3.63, 3.8) is 0 Å². The maximum atomic E-state index is 14.0. The SMILES string of the molecule is CCOC(=O)c1c(CCCOc2cccc3ccccc23)c2cccc3c2n1CCCCCCc1c-3c(COc2ccc(N3CCN(SN(C)C)CC3)cc2)nn1C. The fourth-order valence-electron chi connectivity index (χ4n) is 8.74. The van der Waals surface area contributed by atoms with E-state index in [1.54, 1.807) is 12.1 Å². The first-order chi connectivity index (χ1) is 28.4. The van der Waals surface area contributed by atoms with Gasteiger partial charge in [-0.3, -0.25) is 4.68 Å². The van der Waals surface area contributed by atoms with Crippen molar-refractivity contribution in [3.8, 4) is 22.6 Å². The molecule has 1 saturated heterocycles. The maximum absolute atomic E-state index is 14.0. The van der Waals surface area contributed by atoms with Crippen LogP contribution in [0.5, 0.6) is 11.5 Å². The molecular weight excluding hydrogens is 745 g/mol. The Morgan fingerprint density at radius 3 is 2.40 bits per heavy atom. The lowest BCUT2D eigenvalue weighted by atomic mass is 9.96. The predicted molar refractivity (Wildman–Crippen MR) is 236 cm³/mol. The number of benzene rings is 4. The standard InChI is InChI=1S/C47H56N6O4S/c1-5-55-47(54)46-39(20-14-32-56-43-22-12-16-34-15-9-10-17-37(34)43)38-18-13-19-40-44-41(48-50(4)42(44)21-8-6-7-11-27-53(46)45(38)40)33-57-36-25-23-35(24-26-36)51-28-30-52(31-29-51)58-49(2)3/h9-10,12-13,15-19,22-26H,5-8,11,14,20-21,27-33H2,1-4H3. The van der Waals surface area contributed by atoms with Crippen LogP contribution in [0.2, 0.25) is 0 Å². The summed E-state index contributed by atoms with van der Waals surface area (Å²) in [6, 6.07) is 29.5. The molecule has 0 amide bonds. The second-order valence-electron chi connectivity index (χ2n) is 15.5. The highest BCUT2D eigenvalue weighted by Crippen LogP contribution is 2.40.